The zero-order chi connectivity index (χ0) is 10.7. The average molecular weight is 195 g/mol. The normalized spacial score (nSPS) is 9.64. The molecule has 0 aliphatic carbocycles. The van der Waals surface area contributed by atoms with Crippen molar-refractivity contribution >= 4 is 11.5 Å². The van der Waals surface area contributed by atoms with Crippen LogP contribution in [0.25, 0.3) is 0 Å². The third-order valence-electron chi connectivity index (χ3n) is 1.88. The molecule has 0 aromatic heterocycles. The molecule has 0 heterocycles. The van der Waals surface area contributed by atoms with Crippen molar-refractivity contribution in [2.24, 2.45) is 0 Å². The van der Waals surface area contributed by atoms with Crippen molar-refractivity contribution in [2.75, 3.05) is 20.0 Å². The van der Waals surface area contributed by atoms with Gasteiger partial charge < -0.3 is 15.2 Å². The maximum absolute atomic E-state index is 11.3. The zero-order valence-electron chi connectivity index (χ0n) is 8.46. The fraction of sp³-hybridized carbons (Fsp3) is 0.300. The Morgan fingerprint density at radius 2 is 1.64 bits per heavy atom. The van der Waals surface area contributed by atoms with Gasteiger partial charge >= 0.3 is 0 Å². The van der Waals surface area contributed by atoms with Gasteiger partial charge in [-0.15, -0.1) is 0 Å². The number of ketones is 1. The summed E-state index contributed by atoms with van der Waals surface area (Å²) in [6.07, 6.45) is 0. The molecule has 0 radical (unpaired) electrons. The molecule has 0 amide bonds. The summed E-state index contributed by atoms with van der Waals surface area (Å²) in [5.74, 6) is 0.766. The van der Waals surface area contributed by atoms with E-state index in [0.717, 1.165) is 0 Å². The van der Waals surface area contributed by atoms with Crippen LogP contribution < -0.4 is 15.2 Å². The summed E-state index contributed by atoms with van der Waals surface area (Å²) in [6, 6.07) is 3.19. The third kappa shape index (κ3) is 1.79. The molecular formula is C10H13NO3. The van der Waals surface area contributed by atoms with E-state index in [1.54, 1.807) is 12.1 Å². The van der Waals surface area contributed by atoms with Crippen LogP contribution in [0, 0.1) is 0 Å². The predicted molar refractivity (Wildman–Crippen MR) is 54.0 cm³/mol. The van der Waals surface area contributed by atoms with Gasteiger partial charge in [-0.05, 0) is 6.92 Å². The Hall–Kier alpha value is -1.71. The summed E-state index contributed by atoms with van der Waals surface area (Å²) in [6.45, 7) is 1.45. The minimum Gasteiger partial charge on any atom is -0.496 e. The van der Waals surface area contributed by atoms with E-state index in [0.29, 0.717) is 22.7 Å². The molecule has 0 spiro atoms. The zero-order valence-corrected chi connectivity index (χ0v) is 8.46. The predicted octanol–water partition coefficient (Wildman–Crippen LogP) is 1.49. The topological polar surface area (TPSA) is 61.6 Å². The fourth-order valence-electron chi connectivity index (χ4n) is 1.28. The van der Waals surface area contributed by atoms with Crippen LogP contribution in [0.5, 0.6) is 11.5 Å². The van der Waals surface area contributed by atoms with Gasteiger partial charge in [0.15, 0.2) is 5.78 Å². The number of rotatable bonds is 3. The molecule has 0 bridgehead atoms. The van der Waals surface area contributed by atoms with Gasteiger partial charge in [-0.25, -0.2) is 0 Å². The Bertz CT molecular complexity index is 335. The number of hydrogen-bond acceptors (Lipinski definition) is 4. The second kappa shape index (κ2) is 4.00. The number of nitrogen functional groups attached to an aromatic ring is 1. The van der Waals surface area contributed by atoms with Crippen LogP contribution >= 0.6 is 0 Å². The molecule has 0 saturated heterocycles. The van der Waals surface area contributed by atoms with Gasteiger partial charge in [0, 0.05) is 17.8 Å². The molecule has 4 nitrogen and oxygen atoms in total. The Morgan fingerprint density at radius 3 is 1.93 bits per heavy atom. The summed E-state index contributed by atoms with van der Waals surface area (Å²) >= 11 is 0. The van der Waals surface area contributed by atoms with E-state index in [4.69, 9.17) is 15.2 Å². The number of carbonyl (C=O) groups excluding carboxylic acids is 1. The first-order valence-corrected chi connectivity index (χ1v) is 4.12. The number of hydrogen-bond donors (Lipinski definition) is 1. The Labute approximate surface area is 82.6 Å². The van der Waals surface area contributed by atoms with Crippen LogP contribution in [0.2, 0.25) is 0 Å². The molecule has 76 valence electrons. The van der Waals surface area contributed by atoms with Crippen LogP contribution in [0.1, 0.15) is 17.3 Å². The monoisotopic (exact) mass is 195 g/mol. The molecule has 1 aromatic carbocycles. The summed E-state index contributed by atoms with van der Waals surface area (Å²) in [5.41, 5.74) is 6.53. The van der Waals surface area contributed by atoms with E-state index in [1.807, 2.05) is 0 Å². The lowest BCUT2D eigenvalue weighted by Gasteiger charge is -2.11. The molecule has 0 aliphatic heterocycles. The van der Waals surface area contributed by atoms with Gasteiger partial charge in [0.1, 0.15) is 17.1 Å². The number of benzene rings is 1. The van der Waals surface area contributed by atoms with Gasteiger partial charge in [-0.1, -0.05) is 0 Å². The van der Waals surface area contributed by atoms with Crippen molar-refractivity contribution in [2.45, 2.75) is 6.92 Å². The minimum atomic E-state index is -0.112. The molecule has 2 N–H and O–H groups in total. The number of nitrogens with two attached hydrogens (primary N) is 1. The van der Waals surface area contributed by atoms with Crippen molar-refractivity contribution in [3.63, 3.8) is 0 Å². The number of anilines is 1. The lowest BCUT2D eigenvalue weighted by molar-refractivity contribution is 0.101. The Kier molecular flexibility index (Phi) is 2.96. The lowest BCUT2D eigenvalue weighted by Crippen LogP contribution is -2.02. The summed E-state index contributed by atoms with van der Waals surface area (Å²) in [4.78, 5) is 11.3. The largest absolute Gasteiger partial charge is 0.496 e. The first-order chi connectivity index (χ1) is 6.60. The number of ether oxygens (including phenoxy) is 2. The van der Waals surface area contributed by atoms with Crippen LogP contribution in [0.4, 0.5) is 5.69 Å². The number of methoxy groups -OCH3 is 2. The van der Waals surface area contributed by atoms with E-state index in [1.165, 1.54) is 21.1 Å². The maximum Gasteiger partial charge on any atom is 0.167 e. The highest BCUT2D eigenvalue weighted by molar-refractivity contribution is 6.00. The molecule has 0 fully saturated rings. The molecule has 1 rings (SSSR count). The Morgan fingerprint density at radius 1 is 1.21 bits per heavy atom. The smallest absolute Gasteiger partial charge is 0.167 e. The second-order valence-corrected chi connectivity index (χ2v) is 2.86. The molecule has 0 saturated carbocycles. The van der Waals surface area contributed by atoms with Crippen LogP contribution in [0.15, 0.2) is 12.1 Å². The number of Topliss-reactive ketones (excluding diaryl/α,β-unsaturated/α-hetero) is 1. The van der Waals surface area contributed by atoms with E-state index in [-0.39, 0.29) is 5.78 Å². The fourth-order valence-corrected chi connectivity index (χ4v) is 1.28. The van der Waals surface area contributed by atoms with Gasteiger partial charge in [-0.2, -0.15) is 0 Å². The summed E-state index contributed by atoms with van der Waals surface area (Å²) < 4.78 is 10.1. The first kappa shape index (κ1) is 10.4. The molecule has 14 heavy (non-hydrogen) atoms. The Balaban J connectivity index is 3.40. The lowest BCUT2D eigenvalue weighted by atomic mass is 10.1. The van der Waals surface area contributed by atoms with E-state index < -0.39 is 0 Å². The number of carbonyl (C=O) groups is 1. The van der Waals surface area contributed by atoms with Crippen molar-refractivity contribution in [3.8, 4) is 11.5 Å². The van der Waals surface area contributed by atoms with Gasteiger partial charge in [0.25, 0.3) is 0 Å². The molecule has 4 heteroatoms. The van der Waals surface area contributed by atoms with E-state index in [9.17, 15) is 4.79 Å². The highest BCUT2D eigenvalue weighted by Crippen LogP contribution is 2.31. The first-order valence-electron chi connectivity index (χ1n) is 4.12. The second-order valence-electron chi connectivity index (χ2n) is 2.86. The van der Waals surface area contributed by atoms with Crippen molar-refractivity contribution in [1.82, 2.24) is 0 Å². The standard InChI is InChI=1S/C10H13NO3/c1-6(12)10-8(13-2)4-7(11)5-9(10)14-3/h4-5H,11H2,1-3H3. The molecule has 0 aliphatic rings. The van der Waals surface area contributed by atoms with Crippen molar-refractivity contribution in [1.29, 1.82) is 0 Å². The molecule has 0 atom stereocenters. The highest BCUT2D eigenvalue weighted by Gasteiger charge is 2.15. The SMILES string of the molecule is COc1cc(N)cc(OC)c1C(C)=O. The quantitative estimate of drug-likeness (QED) is 0.586. The average Bonchev–Trinajstić information content (AvgIpc) is 2.15. The van der Waals surface area contributed by atoms with Crippen LogP contribution in [-0.2, 0) is 0 Å². The molecule has 1 aromatic rings. The highest BCUT2D eigenvalue weighted by atomic mass is 16.5. The van der Waals surface area contributed by atoms with Gasteiger partial charge in [0.2, 0.25) is 0 Å². The maximum atomic E-state index is 11.3. The summed E-state index contributed by atoms with van der Waals surface area (Å²) in [5, 5.41) is 0. The van der Waals surface area contributed by atoms with Crippen molar-refractivity contribution < 1.29 is 14.3 Å². The van der Waals surface area contributed by atoms with Crippen LogP contribution in [-0.4, -0.2) is 20.0 Å². The van der Waals surface area contributed by atoms with Gasteiger partial charge in [-0.3, -0.25) is 4.79 Å². The third-order valence-corrected chi connectivity index (χ3v) is 1.88. The van der Waals surface area contributed by atoms with Gasteiger partial charge in [0.05, 0.1) is 14.2 Å². The van der Waals surface area contributed by atoms with E-state index in [2.05, 4.69) is 0 Å². The van der Waals surface area contributed by atoms with E-state index >= 15 is 0 Å². The molecular weight excluding hydrogens is 182 g/mol. The summed E-state index contributed by atoms with van der Waals surface area (Å²) in [7, 11) is 2.97. The van der Waals surface area contributed by atoms with Crippen molar-refractivity contribution in [3.05, 3.63) is 17.7 Å². The minimum absolute atomic E-state index is 0.112. The van der Waals surface area contributed by atoms with Crippen LogP contribution in [0.3, 0.4) is 0 Å². The molecule has 0 unspecified atom stereocenters.